The molecule has 26 heavy (non-hydrogen) atoms. The Balaban J connectivity index is 2.59. The Kier molecular flexibility index (Phi) is 6.11. The molecule has 0 bridgehead atoms. The smallest absolute Gasteiger partial charge is 0.512 e. The second-order valence-corrected chi connectivity index (χ2v) is 8.40. The van der Waals surface area contributed by atoms with Crippen LogP contribution in [0.15, 0.2) is 23.0 Å². The van der Waals surface area contributed by atoms with Gasteiger partial charge in [-0.3, -0.25) is 4.79 Å². The maximum Gasteiger partial charge on any atom is 0.707 e. The fourth-order valence-electron chi connectivity index (χ4n) is 2.12. The molecule has 2 aromatic rings. The summed E-state index contributed by atoms with van der Waals surface area (Å²) in [4.78, 5) is 11.9. The highest BCUT2D eigenvalue weighted by atomic mass is 32.2. The van der Waals surface area contributed by atoms with Crippen LogP contribution in [0, 0.1) is 0 Å². The number of halogens is 2. The van der Waals surface area contributed by atoms with E-state index in [1.165, 1.54) is 18.2 Å². The monoisotopic (exact) mass is 389 g/mol. The first-order valence-corrected chi connectivity index (χ1v) is 8.67. The summed E-state index contributed by atoms with van der Waals surface area (Å²) in [6, 6.07) is 2.01. The van der Waals surface area contributed by atoms with E-state index in [9.17, 15) is 17.8 Å². The molecule has 0 radical (unpaired) electrons. The first-order valence-electron chi connectivity index (χ1n) is 7.52. The summed E-state index contributed by atoms with van der Waals surface area (Å²) in [6.07, 6.45) is -2.98. The van der Waals surface area contributed by atoms with E-state index in [2.05, 4.69) is 14.9 Å². The second kappa shape index (κ2) is 7.78. The van der Waals surface area contributed by atoms with Crippen LogP contribution in [0.5, 0.6) is 5.75 Å². The third-order valence-electron chi connectivity index (χ3n) is 3.37. The van der Waals surface area contributed by atoms with Gasteiger partial charge in [0.25, 0.3) is 12.0 Å². The number of hydrogen-bond acceptors (Lipinski definition) is 6. The Morgan fingerprint density at radius 3 is 2.50 bits per heavy atom. The molecule has 1 aromatic carbocycles. The normalized spacial score (nSPS) is 14.5. The number of H-pyrrole nitrogens is 1. The lowest BCUT2D eigenvalue weighted by Gasteiger charge is -2.24. The standard InChI is InChI=1S/C14H18BF2N3O5S/c1-14(2,3)26(24)20-11(12(16)17)10-9-6-7(25-15(22)23)4-5-8(9)13(21)19-18-10/h4-6,11-12,20,22-23H,1-3H3,(H,19,21). The molecule has 1 aromatic heterocycles. The van der Waals surface area contributed by atoms with Crippen molar-refractivity contribution in [2.45, 2.75) is 38.0 Å². The average molecular weight is 389 g/mol. The number of nitrogens with zero attached hydrogens (tertiary/aromatic N) is 1. The average Bonchev–Trinajstić information content (AvgIpc) is 2.51. The third kappa shape index (κ3) is 4.64. The fraction of sp³-hybridized carbons (Fsp3) is 0.429. The van der Waals surface area contributed by atoms with Crippen molar-refractivity contribution < 1.29 is 27.7 Å². The summed E-state index contributed by atoms with van der Waals surface area (Å²) in [5.41, 5.74) is -0.866. The molecule has 0 fully saturated rings. The zero-order valence-electron chi connectivity index (χ0n) is 14.2. The highest BCUT2D eigenvalue weighted by molar-refractivity contribution is 7.84. The summed E-state index contributed by atoms with van der Waals surface area (Å²) in [6.45, 7) is 4.85. The first kappa shape index (κ1) is 20.4. The molecular weight excluding hydrogens is 371 g/mol. The molecule has 0 amide bonds. The molecule has 8 nitrogen and oxygen atoms in total. The maximum atomic E-state index is 13.6. The van der Waals surface area contributed by atoms with Gasteiger partial charge in [0.2, 0.25) is 0 Å². The number of nitrogens with one attached hydrogen (secondary N) is 2. The second-order valence-electron chi connectivity index (χ2n) is 6.40. The molecule has 0 aliphatic rings. The molecule has 2 atom stereocenters. The molecule has 0 saturated heterocycles. The number of alkyl halides is 2. The third-order valence-corrected chi connectivity index (χ3v) is 4.95. The molecule has 142 valence electrons. The Labute approximate surface area is 150 Å². The lowest BCUT2D eigenvalue weighted by Crippen LogP contribution is -2.39. The van der Waals surface area contributed by atoms with Crippen molar-refractivity contribution in [1.82, 2.24) is 14.9 Å². The van der Waals surface area contributed by atoms with Crippen LogP contribution in [0.2, 0.25) is 0 Å². The molecule has 0 aliphatic heterocycles. The van der Waals surface area contributed by atoms with E-state index >= 15 is 0 Å². The minimum atomic E-state index is -2.98. The van der Waals surface area contributed by atoms with Gasteiger partial charge in [-0.15, -0.1) is 0 Å². The van der Waals surface area contributed by atoms with Crippen molar-refractivity contribution in [3.8, 4) is 5.75 Å². The van der Waals surface area contributed by atoms with E-state index in [0.717, 1.165) is 0 Å². The summed E-state index contributed by atoms with van der Waals surface area (Å²) < 4.78 is 45.7. The molecule has 4 N–H and O–H groups in total. The SMILES string of the molecule is CC(C)(C)S(=O)NC(c1n[nH]c(=O)c2ccc(OB(O)O)cc12)C(F)F. The van der Waals surface area contributed by atoms with Gasteiger partial charge in [0.1, 0.15) is 11.8 Å². The number of aromatic nitrogens is 2. The Hall–Kier alpha value is -1.89. The Morgan fingerprint density at radius 2 is 1.96 bits per heavy atom. The summed E-state index contributed by atoms with van der Waals surface area (Å²) in [7, 11) is -3.95. The van der Waals surface area contributed by atoms with Crippen LogP contribution in [0.1, 0.15) is 32.5 Å². The van der Waals surface area contributed by atoms with E-state index in [1.54, 1.807) is 20.8 Å². The van der Waals surface area contributed by atoms with Crippen LogP contribution in [-0.2, 0) is 11.0 Å². The van der Waals surface area contributed by atoms with Crippen molar-refractivity contribution in [3.63, 3.8) is 0 Å². The van der Waals surface area contributed by atoms with Crippen LogP contribution in [0.3, 0.4) is 0 Å². The van der Waals surface area contributed by atoms with Crippen LogP contribution in [-0.4, -0.2) is 42.9 Å². The molecule has 2 rings (SSSR count). The number of hydrogen-bond donors (Lipinski definition) is 4. The Bertz CT molecular complexity index is 872. The minimum absolute atomic E-state index is 0.00982. The number of rotatable bonds is 6. The quantitative estimate of drug-likeness (QED) is 0.538. The number of fused-ring (bicyclic) bond motifs is 1. The van der Waals surface area contributed by atoms with Crippen molar-refractivity contribution in [3.05, 3.63) is 34.2 Å². The molecule has 12 heteroatoms. The van der Waals surface area contributed by atoms with Crippen LogP contribution in [0.25, 0.3) is 10.8 Å². The number of benzene rings is 1. The van der Waals surface area contributed by atoms with Crippen molar-refractivity contribution >= 4 is 29.1 Å². The van der Waals surface area contributed by atoms with Gasteiger partial charge in [0, 0.05) is 5.39 Å². The minimum Gasteiger partial charge on any atom is -0.512 e. The highest BCUT2D eigenvalue weighted by Crippen LogP contribution is 2.28. The summed E-state index contributed by atoms with van der Waals surface area (Å²) in [5.74, 6) is -0.0638. The van der Waals surface area contributed by atoms with Crippen molar-refractivity contribution in [2.75, 3.05) is 0 Å². The predicted molar refractivity (Wildman–Crippen MR) is 93.0 cm³/mol. The van der Waals surface area contributed by atoms with Crippen molar-refractivity contribution in [2.24, 2.45) is 0 Å². The zero-order valence-corrected chi connectivity index (χ0v) is 15.0. The zero-order chi connectivity index (χ0) is 19.6. The topological polar surface area (TPSA) is 125 Å². The van der Waals surface area contributed by atoms with Gasteiger partial charge >= 0.3 is 7.32 Å². The van der Waals surface area contributed by atoms with Gasteiger partial charge in [-0.25, -0.2) is 22.8 Å². The largest absolute Gasteiger partial charge is 0.707 e. The van der Waals surface area contributed by atoms with Crippen LogP contribution < -0.4 is 14.9 Å². The van der Waals surface area contributed by atoms with Gasteiger partial charge in [0.15, 0.2) is 0 Å². The molecular formula is C14H18BF2N3O5S. The van der Waals surface area contributed by atoms with Gasteiger partial charge in [-0.05, 0) is 39.0 Å². The fourth-order valence-corrected chi connectivity index (χ4v) is 2.91. The van der Waals surface area contributed by atoms with E-state index in [0.29, 0.717) is 0 Å². The van der Waals surface area contributed by atoms with E-state index < -0.39 is 41.1 Å². The summed E-state index contributed by atoms with van der Waals surface area (Å²) >= 11 is 0. The van der Waals surface area contributed by atoms with Gasteiger partial charge in [-0.2, -0.15) is 5.10 Å². The predicted octanol–water partition coefficient (Wildman–Crippen LogP) is 0.629. The van der Waals surface area contributed by atoms with Crippen molar-refractivity contribution in [1.29, 1.82) is 0 Å². The molecule has 0 spiro atoms. The summed E-state index contributed by atoms with van der Waals surface area (Å²) in [5, 5.41) is 23.6. The van der Waals surface area contributed by atoms with Gasteiger partial charge in [0.05, 0.1) is 26.8 Å². The van der Waals surface area contributed by atoms with E-state index in [1.807, 2.05) is 0 Å². The molecule has 2 unspecified atom stereocenters. The van der Waals surface area contributed by atoms with Crippen LogP contribution >= 0.6 is 0 Å². The lowest BCUT2D eigenvalue weighted by molar-refractivity contribution is 0.108. The molecule has 0 aliphatic carbocycles. The van der Waals surface area contributed by atoms with E-state index in [4.69, 9.17) is 14.7 Å². The number of aromatic amines is 1. The maximum absolute atomic E-state index is 13.6. The first-order chi connectivity index (χ1) is 12.0. The van der Waals surface area contributed by atoms with Gasteiger partial charge < -0.3 is 14.7 Å². The van der Waals surface area contributed by atoms with Gasteiger partial charge in [-0.1, -0.05) is 0 Å². The molecule has 0 saturated carbocycles. The molecule has 1 heterocycles. The Morgan fingerprint density at radius 1 is 1.31 bits per heavy atom. The van der Waals surface area contributed by atoms with Crippen LogP contribution in [0.4, 0.5) is 8.78 Å². The van der Waals surface area contributed by atoms with E-state index in [-0.39, 0.29) is 22.2 Å². The lowest BCUT2D eigenvalue weighted by atomic mass is 10.1. The highest BCUT2D eigenvalue weighted by Gasteiger charge is 2.32.